The van der Waals surface area contributed by atoms with Crippen LogP contribution in [0.2, 0.25) is 0 Å². The SMILES string of the molecule is C#Cc1c(F)ccc2cc(O)cc(-c3ncc4c(N5CC6CCC(C5)N6C(=O)OC(C)(C)C)nc(OCCN5CCC(CN6CCN(c7cc([C@H](C(=O)N8C[C@H](O)C[C@H]8C(=O)N[C@@H](C)c8ccc(-c9scnc9C)cc8)C(C)C)on7)CC6)CC5)nc4c3F)c12. The average Bonchev–Trinajstić information content (AvgIpc) is 1.01. The van der Waals surface area contributed by atoms with E-state index in [1.165, 1.54) is 35.4 Å². The molecule has 9 heterocycles. The Labute approximate surface area is 526 Å². The minimum Gasteiger partial charge on any atom is -0.508 e. The molecule has 20 nitrogen and oxygen atoms in total. The van der Waals surface area contributed by atoms with Gasteiger partial charge in [0.25, 0.3) is 0 Å². The number of halogens is 2. The average molecular weight is 1250 g/mol. The van der Waals surface area contributed by atoms with E-state index < -0.39 is 35.3 Å². The molecule has 2 bridgehead atoms. The Balaban J connectivity index is 0.655. The molecule has 0 aliphatic carbocycles. The maximum Gasteiger partial charge on any atom is 0.410 e. The predicted molar refractivity (Wildman–Crippen MR) is 339 cm³/mol. The number of anilines is 2. The van der Waals surface area contributed by atoms with Crippen LogP contribution in [-0.2, 0) is 14.3 Å². The predicted octanol–water partition coefficient (Wildman–Crippen LogP) is 9.31. The molecule has 90 heavy (non-hydrogen) atoms. The summed E-state index contributed by atoms with van der Waals surface area (Å²) in [6.45, 7) is 20.8. The van der Waals surface area contributed by atoms with Gasteiger partial charge in [0, 0.05) is 88.5 Å². The van der Waals surface area contributed by atoms with Crippen LogP contribution in [-0.4, -0.2) is 181 Å². The number of likely N-dealkylation sites (tertiary alicyclic amines) is 2. The van der Waals surface area contributed by atoms with Crippen molar-refractivity contribution in [2.45, 2.75) is 122 Å². The van der Waals surface area contributed by atoms with Crippen LogP contribution in [0.4, 0.5) is 25.2 Å². The number of nitrogens with one attached hydrogen (secondary N) is 1. The standard InChI is InChI=1S/C67H78F2N12O8S/c1-9-49-52(68)17-14-44-28-47(82)29-50(57(44)49)59-58(69)60-51(32-70-59)62(79-34-45-15-16-46(35-79)81(45)66(86)88-67(6,7)8)74-65(73-60)87-27-26-76-20-18-41(19-21-76)33-77-22-24-78(25-23-77)55-31-54(89-75-55)56(38(2)3)64(85)80-36-48(83)30-53(80)63(84)72-39(4)42-10-12-43(13-11-42)61-40(5)71-37-90-61/h1,10-14,17,28-29,31-32,37-39,41,45-46,48,53,56,82-83H,15-16,18-27,30,33-36H2,2-8H3,(H,72,84)/t39-,45?,46?,48+,53-,56+/m0/s1. The number of aromatic nitrogens is 5. The molecule has 2 unspecified atom stereocenters. The Bertz CT molecular complexity index is 3840. The second-order valence-electron chi connectivity index (χ2n) is 26.1. The molecule has 5 aliphatic heterocycles. The lowest BCUT2D eigenvalue weighted by atomic mass is 9.91. The second-order valence-corrected chi connectivity index (χ2v) is 26.9. The van der Waals surface area contributed by atoms with E-state index in [1.807, 2.05) is 94.1 Å². The monoisotopic (exact) mass is 1250 g/mol. The third-order valence-electron chi connectivity index (χ3n) is 18.4. The number of terminal acetylenes is 1. The number of hydrogen-bond acceptors (Lipinski definition) is 18. The van der Waals surface area contributed by atoms with Gasteiger partial charge in [0.1, 0.15) is 52.8 Å². The molecule has 474 valence electrons. The number of phenolic OH excluding ortho intramolecular Hbond substituents is 1. The van der Waals surface area contributed by atoms with Gasteiger partial charge in [-0.1, -0.05) is 55.3 Å². The fourth-order valence-corrected chi connectivity index (χ4v) is 14.6. The molecule has 0 saturated carbocycles. The molecule has 3 aromatic carbocycles. The van der Waals surface area contributed by atoms with Gasteiger partial charge < -0.3 is 44.2 Å². The van der Waals surface area contributed by atoms with Crippen LogP contribution < -0.4 is 19.9 Å². The summed E-state index contributed by atoms with van der Waals surface area (Å²) in [5.41, 5.74) is 3.89. The number of thiazole rings is 1. The van der Waals surface area contributed by atoms with Crippen molar-refractivity contribution < 1.29 is 47.4 Å². The van der Waals surface area contributed by atoms with Crippen LogP contribution in [0.5, 0.6) is 11.8 Å². The number of aromatic hydroxyl groups is 1. The lowest BCUT2D eigenvalue weighted by Gasteiger charge is -2.42. The first-order valence-electron chi connectivity index (χ1n) is 31.3. The molecule has 5 aliphatic rings. The molecule has 0 radical (unpaired) electrons. The molecule has 7 aromatic rings. The van der Waals surface area contributed by atoms with Crippen LogP contribution in [0.15, 0.2) is 70.8 Å². The van der Waals surface area contributed by atoms with E-state index >= 15 is 8.78 Å². The number of ether oxygens (including phenoxy) is 2. The van der Waals surface area contributed by atoms with Crippen molar-refractivity contribution in [2.24, 2.45) is 11.8 Å². The fourth-order valence-electron chi connectivity index (χ4n) is 13.8. The number of amides is 3. The number of pyridine rings is 1. The van der Waals surface area contributed by atoms with Gasteiger partial charge >= 0.3 is 12.1 Å². The highest BCUT2D eigenvalue weighted by atomic mass is 32.1. The maximum atomic E-state index is 17.4. The van der Waals surface area contributed by atoms with Gasteiger partial charge in [-0.05, 0) is 120 Å². The van der Waals surface area contributed by atoms with E-state index in [0.29, 0.717) is 53.7 Å². The molecule has 23 heteroatoms. The van der Waals surface area contributed by atoms with E-state index in [9.17, 15) is 24.6 Å². The molecular formula is C67H78F2N12O8S. The van der Waals surface area contributed by atoms with Gasteiger partial charge in [0.15, 0.2) is 17.4 Å². The first-order valence-corrected chi connectivity index (χ1v) is 32.2. The molecular weight excluding hydrogens is 1170 g/mol. The Morgan fingerprint density at radius 2 is 1.63 bits per heavy atom. The topological polar surface area (TPSA) is 219 Å². The van der Waals surface area contributed by atoms with Gasteiger partial charge in [-0.15, -0.1) is 17.8 Å². The van der Waals surface area contributed by atoms with E-state index in [2.05, 4.69) is 46.0 Å². The van der Waals surface area contributed by atoms with Crippen molar-refractivity contribution in [2.75, 3.05) is 88.4 Å². The van der Waals surface area contributed by atoms with Gasteiger partial charge in [-0.25, -0.2) is 18.6 Å². The Kier molecular flexibility index (Phi) is 17.7. The number of aryl methyl sites for hydroxylation is 1. The minimum absolute atomic E-state index is 0.0274. The number of nitrogens with zero attached hydrogens (tertiary/aromatic N) is 11. The van der Waals surface area contributed by atoms with E-state index in [4.69, 9.17) is 25.4 Å². The fraction of sp³-hybridized carbons (Fsp3) is 0.493. The van der Waals surface area contributed by atoms with Crippen LogP contribution in [0.3, 0.4) is 0 Å². The Morgan fingerprint density at radius 3 is 2.31 bits per heavy atom. The molecule has 3 amide bonds. The van der Waals surface area contributed by atoms with Crippen LogP contribution >= 0.6 is 11.3 Å². The number of aliphatic hydroxyl groups is 1. The summed E-state index contributed by atoms with van der Waals surface area (Å²) in [7, 11) is 0. The largest absolute Gasteiger partial charge is 0.508 e. The van der Waals surface area contributed by atoms with Crippen molar-refractivity contribution in [1.29, 1.82) is 0 Å². The number of benzene rings is 3. The molecule has 0 spiro atoms. The number of piperidine rings is 1. The third-order valence-corrected chi connectivity index (χ3v) is 19.4. The Hall–Kier alpha value is -8.04. The lowest BCUT2D eigenvalue weighted by Crippen LogP contribution is -2.57. The van der Waals surface area contributed by atoms with Crippen molar-refractivity contribution in [3.63, 3.8) is 0 Å². The number of β-amino-alcohol motifs (C(OH)–C–C–N with tert-alkyl or cyclic N) is 1. The van der Waals surface area contributed by atoms with Crippen LogP contribution in [0.25, 0.3) is 43.4 Å². The molecule has 12 rings (SSSR count). The van der Waals surface area contributed by atoms with Gasteiger partial charge in [-0.2, -0.15) is 9.97 Å². The summed E-state index contributed by atoms with van der Waals surface area (Å²) >= 11 is 1.58. The van der Waals surface area contributed by atoms with Crippen LogP contribution in [0.1, 0.15) is 108 Å². The quantitative estimate of drug-likeness (QED) is 0.0768. The zero-order valence-electron chi connectivity index (χ0n) is 52.0. The number of hydrogen-bond donors (Lipinski definition) is 3. The second kappa shape index (κ2) is 25.7. The zero-order chi connectivity index (χ0) is 63.3. The number of phenols is 1. The normalized spacial score (nSPS) is 20.9. The van der Waals surface area contributed by atoms with Crippen molar-refractivity contribution in [3.8, 4) is 45.8 Å². The summed E-state index contributed by atoms with van der Waals surface area (Å²) < 4.78 is 50.6. The van der Waals surface area contributed by atoms with Gasteiger partial charge in [-0.3, -0.25) is 29.3 Å². The number of fused-ring (bicyclic) bond motifs is 4. The molecule has 4 aromatic heterocycles. The third kappa shape index (κ3) is 12.9. The summed E-state index contributed by atoms with van der Waals surface area (Å²) in [5, 5.41) is 30.2. The van der Waals surface area contributed by atoms with E-state index in [0.717, 1.165) is 93.2 Å². The Morgan fingerprint density at radius 1 is 0.900 bits per heavy atom. The molecule has 5 saturated heterocycles. The van der Waals surface area contributed by atoms with Crippen molar-refractivity contribution in [3.05, 3.63) is 101 Å². The van der Waals surface area contributed by atoms with Gasteiger partial charge in [0.05, 0.1) is 51.3 Å². The van der Waals surface area contributed by atoms with Crippen molar-refractivity contribution >= 4 is 62.6 Å². The summed E-state index contributed by atoms with van der Waals surface area (Å²) in [6.07, 6.45) is 9.74. The number of carbonyl (C=O) groups is 3. The summed E-state index contributed by atoms with van der Waals surface area (Å²) in [6, 6.07) is 13.8. The number of piperazine rings is 2. The summed E-state index contributed by atoms with van der Waals surface area (Å²) in [5.74, 6) is 1.26. The van der Waals surface area contributed by atoms with Gasteiger partial charge in [0.2, 0.25) is 11.8 Å². The highest BCUT2D eigenvalue weighted by Crippen LogP contribution is 2.42. The first-order chi connectivity index (χ1) is 43.2. The van der Waals surface area contributed by atoms with Crippen molar-refractivity contribution in [1.82, 2.24) is 50.0 Å². The number of aliphatic hydroxyl groups excluding tert-OH is 1. The lowest BCUT2D eigenvalue weighted by molar-refractivity contribution is -0.141. The van der Waals surface area contributed by atoms with E-state index in [-0.39, 0.29) is 101 Å². The molecule has 5 fully saturated rings. The zero-order valence-corrected chi connectivity index (χ0v) is 52.8. The summed E-state index contributed by atoms with van der Waals surface area (Å²) in [4.78, 5) is 73.8. The smallest absolute Gasteiger partial charge is 0.410 e. The molecule has 3 N–H and O–H groups in total. The highest BCUT2D eigenvalue weighted by Gasteiger charge is 2.46. The molecule has 6 atom stereocenters. The minimum atomic E-state index is -0.841. The highest BCUT2D eigenvalue weighted by molar-refractivity contribution is 7.13. The van der Waals surface area contributed by atoms with E-state index in [1.54, 1.807) is 11.3 Å². The maximum absolute atomic E-state index is 17.4. The first kappa shape index (κ1) is 62.2. The number of rotatable bonds is 16. The van der Waals surface area contributed by atoms with Crippen LogP contribution in [0, 0.1) is 42.7 Å². The number of carbonyl (C=O) groups excluding carboxylic acids is 3.